The van der Waals surface area contributed by atoms with Crippen LogP contribution in [-0.4, -0.2) is 35.1 Å². The van der Waals surface area contributed by atoms with Crippen LogP contribution in [0, 0.1) is 0 Å². The maximum absolute atomic E-state index is 12.7. The van der Waals surface area contributed by atoms with Crippen molar-refractivity contribution >= 4 is 39.7 Å². The largest absolute Gasteiger partial charge is 0.493 e. The van der Waals surface area contributed by atoms with Gasteiger partial charge in [-0.15, -0.1) is 11.3 Å². The van der Waals surface area contributed by atoms with Gasteiger partial charge in [-0.2, -0.15) is 0 Å². The lowest BCUT2D eigenvalue weighted by Crippen LogP contribution is -2.23. The summed E-state index contributed by atoms with van der Waals surface area (Å²) in [6, 6.07) is 9.24. The molecular formula is C21H19N5O3S. The number of nitrogens with one attached hydrogen (secondary N) is 2. The van der Waals surface area contributed by atoms with E-state index >= 15 is 0 Å². The minimum Gasteiger partial charge on any atom is -0.493 e. The normalized spacial score (nSPS) is 10.6. The van der Waals surface area contributed by atoms with Gasteiger partial charge in [0, 0.05) is 28.7 Å². The molecule has 0 radical (unpaired) electrons. The number of hydrogen-bond acceptors (Lipinski definition) is 8. The molecule has 0 bridgehead atoms. The molecule has 152 valence electrons. The van der Waals surface area contributed by atoms with Crippen LogP contribution in [0.5, 0.6) is 11.5 Å². The second-order valence-electron chi connectivity index (χ2n) is 6.25. The number of carbonyl (C=O) groups excluding carboxylic acids is 1. The standard InChI is InChI=1S/C21H19N5O3S/c1-28-18-8-14-17(9-19(18)29-2)24-12-25-20(14)26-16-5-6-22-11-15(16)21(27)23-10-13-4-3-7-30-13/h3-9,11-12H,10H2,1-2H3,(H,23,27)(H,22,24,25,26). The zero-order valence-corrected chi connectivity index (χ0v) is 17.2. The summed E-state index contributed by atoms with van der Waals surface area (Å²) >= 11 is 1.59. The first-order valence-corrected chi connectivity index (χ1v) is 9.96. The van der Waals surface area contributed by atoms with E-state index in [9.17, 15) is 4.79 Å². The third-order valence-corrected chi connectivity index (χ3v) is 5.34. The molecule has 4 rings (SSSR count). The Morgan fingerprint density at radius 1 is 1.13 bits per heavy atom. The zero-order chi connectivity index (χ0) is 20.9. The second kappa shape index (κ2) is 8.75. The first kappa shape index (κ1) is 19.6. The molecule has 0 spiro atoms. The monoisotopic (exact) mass is 421 g/mol. The van der Waals surface area contributed by atoms with Crippen molar-refractivity contribution in [1.82, 2.24) is 20.3 Å². The van der Waals surface area contributed by atoms with E-state index in [1.807, 2.05) is 17.5 Å². The number of carbonyl (C=O) groups is 1. The van der Waals surface area contributed by atoms with E-state index in [1.165, 1.54) is 12.5 Å². The quantitative estimate of drug-likeness (QED) is 0.469. The lowest BCUT2D eigenvalue weighted by Gasteiger charge is -2.14. The number of pyridine rings is 1. The molecule has 1 amide bonds. The summed E-state index contributed by atoms with van der Waals surface area (Å²) in [5.74, 6) is 1.45. The minimum absolute atomic E-state index is 0.225. The van der Waals surface area contributed by atoms with E-state index in [0.717, 1.165) is 10.3 Å². The number of methoxy groups -OCH3 is 2. The Kier molecular flexibility index (Phi) is 5.71. The number of nitrogens with zero attached hydrogens (tertiary/aromatic N) is 3. The first-order chi connectivity index (χ1) is 14.7. The van der Waals surface area contributed by atoms with Gasteiger partial charge in [0.15, 0.2) is 11.5 Å². The van der Waals surface area contributed by atoms with Crippen molar-refractivity contribution in [3.63, 3.8) is 0 Å². The molecule has 30 heavy (non-hydrogen) atoms. The van der Waals surface area contributed by atoms with Gasteiger partial charge >= 0.3 is 0 Å². The number of amides is 1. The van der Waals surface area contributed by atoms with Crippen LogP contribution in [0.4, 0.5) is 11.5 Å². The number of anilines is 2. The van der Waals surface area contributed by atoms with Crippen molar-refractivity contribution in [2.24, 2.45) is 0 Å². The molecule has 0 atom stereocenters. The van der Waals surface area contributed by atoms with Crippen LogP contribution in [-0.2, 0) is 6.54 Å². The highest BCUT2D eigenvalue weighted by molar-refractivity contribution is 7.09. The van der Waals surface area contributed by atoms with Gasteiger partial charge in [0.05, 0.1) is 37.5 Å². The average molecular weight is 421 g/mol. The van der Waals surface area contributed by atoms with E-state index in [0.29, 0.717) is 40.6 Å². The van der Waals surface area contributed by atoms with Gasteiger partial charge in [-0.1, -0.05) is 6.07 Å². The van der Waals surface area contributed by atoms with Crippen molar-refractivity contribution in [3.05, 3.63) is 64.9 Å². The highest BCUT2D eigenvalue weighted by Crippen LogP contribution is 2.34. The number of benzene rings is 1. The number of ether oxygens (including phenoxy) is 2. The lowest BCUT2D eigenvalue weighted by molar-refractivity contribution is 0.0952. The molecule has 8 nitrogen and oxygen atoms in total. The third kappa shape index (κ3) is 4.01. The molecule has 1 aromatic carbocycles. The Bertz CT molecular complexity index is 1180. The van der Waals surface area contributed by atoms with E-state index < -0.39 is 0 Å². The Balaban J connectivity index is 1.65. The predicted molar refractivity (Wildman–Crippen MR) is 116 cm³/mol. The molecule has 0 saturated heterocycles. The average Bonchev–Trinajstić information content (AvgIpc) is 3.31. The number of aromatic nitrogens is 3. The fraction of sp³-hybridized carbons (Fsp3) is 0.143. The van der Waals surface area contributed by atoms with Crippen molar-refractivity contribution in [2.75, 3.05) is 19.5 Å². The fourth-order valence-corrected chi connectivity index (χ4v) is 3.61. The number of fused-ring (bicyclic) bond motifs is 1. The molecule has 9 heteroatoms. The van der Waals surface area contributed by atoms with Crippen LogP contribution in [0.1, 0.15) is 15.2 Å². The summed E-state index contributed by atoms with van der Waals surface area (Å²) in [6.07, 6.45) is 4.60. The Morgan fingerprint density at radius 3 is 2.73 bits per heavy atom. The molecule has 4 aromatic rings. The van der Waals surface area contributed by atoms with E-state index in [2.05, 4.69) is 25.6 Å². The molecule has 3 aromatic heterocycles. The Hall–Kier alpha value is -3.72. The SMILES string of the molecule is COc1cc2ncnc(Nc3ccncc3C(=O)NCc3cccs3)c2cc1OC. The van der Waals surface area contributed by atoms with Crippen molar-refractivity contribution < 1.29 is 14.3 Å². The van der Waals surface area contributed by atoms with E-state index in [4.69, 9.17) is 9.47 Å². The van der Waals surface area contributed by atoms with Gasteiger partial charge in [0.2, 0.25) is 0 Å². The van der Waals surface area contributed by atoms with E-state index in [1.54, 1.807) is 50.0 Å². The highest BCUT2D eigenvalue weighted by Gasteiger charge is 2.15. The van der Waals surface area contributed by atoms with Gasteiger partial charge in [0.1, 0.15) is 12.1 Å². The molecule has 0 aliphatic rings. The molecule has 0 saturated carbocycles. The molecule has 2 N–H and O–H groups in total. The van der Waals surface area contributed by atoms with Crippen LogP contribution >= 0.6 is 11.3 Å². The van der Waals surface area contributed by atoms with Crippen LogP contribution in [0.25, 0.3) is 10.9 Å². The van der Waals surface area contributed by atoms with Gasteiger partial charge in [-0.05, 0) is 23.6 Å². The Morgan fingerprint density at radius 2 is 1.97 bits per heavy atom. The molecule has 0 aliphatic carbocycles. The molecule has 3 heterocycles. The highest BCUT2D eigenvalue weighted by atomic mass is 32.1. The molecular weight excluding hydrogens is 402 g/mol. The van der Waals surface area contributed by atoms with Crippen molar-refractivity contribution in [1.29, 1.82) is 0 Å². The summed E-state index contributed by atoms with van der Waals surface area (Å²) in [5, 5.41) is 8.86. The van der Waals surface area contributed by atoms with Gasteiger partial charge in [-0.3, -0.25) is 9.78 Å². The maximum atomic E-state index is 12.7. The summed E-state index contributed by atoms with van der Waals surface area (Å²) in [7, 11) is 3.14. The number of hydrogen-bond donors (Lipinski definition) is 2. The third-order valence-electron chi connectivity index (χ3n) is 4.46. The molecule has 0 unspecified atom stereocenters. The molecule has 0 fully saturated rings. The van der Waals surface area contributed by atoms with Gasteiger partial charge in [-0.25, -0.2) is 9.97 Å². The van der Waals surface area contributed by atoms with Gasteiger partial charge < -0.3 is 20.1 Å². The van der Waals surface area contributed by atoms with Crippen LogP contribution < -0.4 is 20.1 Å². The zero-order valence-electron chi connectivity index (χ0n) is 16.4. The van der Waals surface area contributed by atoms with Crippen molar-refractivity contribution in [2.45, 2.75) is 6.54 Å². The maximum Gasteiger partial charge on any atom is 0.255 e. The topological polar surface area (TPSA) is 98.3 Å². The van der Waals surface area contributed by atoms with Gasteiger partial charge in [0.25, 0.3) is 5.91 Å². The number of thiophene rings is 1. The minimum atomic E-state index is -0.225. The first-order valence-electron chi connectivity index (χ1n) is 9.08. The smallest absolute Gasteiger partial charge is 0.255 e. The van der Waals surface area contributed by atoms with E-state index in [-0.39, 0.29) is 5.91 Å². The summed E-state index contributed by atoms with van der Waals surface area (Å²) < 4.78 is 10.7. The second-order valence-corrected chi connectivity index (χ2v) is 7.29. The van der Waals surface area contributed by atoms with Crippen molar-refractivity contribution in [3.8, 4) is 11.5 Å². The molecule has 0 aliphatic heterocycles. The summed E-state index contributed by atoms with van der Waals surface area (Å²) in [4.78, 5) is 26.6. The van der Waals surface area contributed by atoms with Crippen LogP contribution in [0.15, 0.2) is 54.4 Å². The van der Waals surface area contributed by atoms with Crippen LogP contribution in [0.3, 0.4) is 0 Å². The van der Waals surface area contributed by atoms with Crippen LogP contribution in [0.2, 0.25) is 0 Å². The predicted octanol–water partition coefficient (Wildman–Crippen LogP) is 3.78. The summed E-state index contributed by atoms with van der Waals surface area (Å²) in [5.41, 5.74) is 1.69. The summed E-state index contributed by atoms with van der Waals surface area (Å²) in [6.45, 7) is 0.457. The Labute approximate surface area is 176 Å². The lowest BCUT2D eigenvalue weighted by atomic mass is 10.2. The number of rotatable bonds is 7. The fourth-order valence-electron chi connectivity index (χ4n) is 2.97.